The quantitative estimate of drug-likeness (QED) is 0.688. The van der Waals surface area contributed by atoms with Gasteiger partial charge in [0.1, 0.15) is 0 Å². The second kappa shape index (κ2) is 4.13. The zero-order chi connectivity index (χ0) is 10.0. The summed E-state index contributed by atoms with van der Waals surface area (Å²) in [6.07, 6.45) is 8.00. The number of thiol groups is 1. The smallest absolute Gasteiger partial charge is 0.220 e. The Hall–Kier alpha value is -0.180. The van der Waals surface area contributed by atoms with Crippen molar-refractivity contribution in [1.82, 2.24) is 5.32 Å². The average molecular weight is 213 g/mol. The van der Waals surface area contributed by atoms with Gasteiger partial charge in [-0.05, 0) is 36.9 Å². The van der Waals surface area contributed by atoms with Crippen LogP contribution >= 0.6 is 12.6 Å². The summed E-state index contributed by atoms with van der Waals surface area (Å²) in [5.41, 5.74) is 0.270. The van der Waals surface area contributed by atoms with Crippen LogP contribution in [-0.4, -0.2) is 17.7 Å². The van der Waals surface area contributed by atoms with Crippen molar-refractivity contribution in [3.8, 4) is 0 Å². The molecule has 2 aliphatic carbocycles. The number of carbonyl (C=O) groups excluding carboxylic acids is 1. The molecule has 0 bridgehead atoms. The van der Waals surface area contributed by atoms with Gasteiger partial charge in [0.15, 0.2) is 0 Å². The topological polar surface area (TPSA) is 29.1 Å². The molecule has 80 valence electrons. The molecule has 2 rings (SSSR count). The number of rotatable bonds is 4. The van der Waals surface area contributed by atoms with E-state index in [4.69, 9.17) is 0 Å². The summed E-state index contributed by atoms with van der Waals surface area (Å²) < 4.78 is 0. The van der Waals surface area contributed by atoms with Crippen molar-refractivity contribution in [2.24, 2.45) is 5.41 Å². The molecule has 1 amide bonds. The average Bonchev–Trinajstić information content (AvgIpc) is 2.74. The monoisotopic (exact) mass is 213 g/mol. The van der Waals surface area contributed by atoms with E-state index in [0.717, 1.165) is 5.75 Å². The molecule has 0 aromatic carbocycles. The highest BCUT2D eigenvalue weighted by molar-refractivity contribution is 7.80. The standard InChI is InChI=1S/C11H19NOS/c13-10(7-11(8-14)5-6-11)12-9-3-1-2-4-9/h9,14H,1-8H2,(H,12,13). The third-order valence-corrected chi connectivity index (χ3v) is 4.22. The lowest BCUT2D eigenvalue weighted by Crippen LogP contribution is -2.34. The van der Waals surface area contributed by atoms with Crippen LogP contribution in [0.5, 0.6) is 0 Å². The van der Waals surface area contributed by atoms with Crippen LogP contribution in [0, 0.1) is 5.41 Å². The fourth-order valence-corrected chi connectivity index (χ4v) is 2.69. The van der Waals surface area contributed by atoms with Gasteiger partial charge in [0.05, 0.1) is 0 Å². The molecule has 0 heterocycles. The van der Waals surface area contributed by atoms with Gasteiger partial charge < -0.3 is 5.32 Å². The van der Waals surface area contributed by atoms with Gasteiger partial charge >= 0.3 is 0 Å². The van der Waals surface area contributed by atoms with Gasteiger partial charge in [0.2, 0.25) is 5.91 Å². The van der Waals surface area contributed by atoms with E-state index in [1.807, 2.05) is 0 Å². The Balaban J connectivity index is 1.73. The molecular weight excluding hydrogens is 194 g/mol. The Labute approximate surface area is 91.2 Å². The van der Waals surface area contributed by atoms with E-state index in [-0.39, 0.29) is 11.3 Å². The molecule has 3 heteroatoms. The molecule has 14 heavy (non-hydrogen) atoms. The van der Waals surface area contributed by atoms with Crippen molar-refractivity contribution in [2.75, 3.05) is 5.75 Å². The highest BCUT2D eigenvalue weighted by atomic mass is 32.1. The summed E-state index contributed by atoms with van der Waals surface area (Å²) >= 11 is 4.31. The summed E-state index contributed by atoms with van der Waals surface area (Å²) in [7, 11) is 0. The summed E-state index contributed by atoms with van der Waals surface area (Å²) in [4.78, 5) is 11.7. The molecule has 0 radical (unpaired) electrons. The van der Waals surface area contributed by atoms with Crippen LogP contribution in [0.2, 0.25) is 0 Å². The van der Waals surface area contributed by atoms with Crippen molar-refractivity contribution in [2.45, 2.75) is 51.0 Å². The Bertz CT molecular complexity index is 219. The first-order valence-electron chi connectivity index (χ1n) is 5.64. The van der Waals surface area contributed by atoms with Crippen LogP contribution in [0.3, 0.4) is 0 Å². The molecule has 0 aliphatic heterocycles. The first kappa shape index (κ1) is 10.3. The molecule has 0 aromatic heterocycles. The number of hydrogen-bond acceptors (Lipinski definition) is 2. The Kier molecular flexibility index (Phi) is 3.05. The lowest BCUT2D eigenvalue weighted by Gasteiger charge is -2.15. The third-order valence-electron chi connectivity index (χ3n) is 3.55. The minimum atomic E-state index is 0.253. The van der Waals surface area contributed by atoms with Gasteiger partial charge in [-0.25, -0.2) is 0 Å². The second-order valence-corrected chi connectivity index (χ2v) is 5.20. The van der Waals surface area contributed by atoms with Crippen molar-refractivity contribution in [1.29, 1.82) is 0 Å². The molecule has 0 aromatic rings. The van der Waals surface area contributed by atoms with Crippen molar-refractivity contribution in [3.05, 3.63) is 0 Å². The highest BCUT2D eigenvalue weighted by Crippen LogP contribution is 2.49. The van der Waals surface area contributed by atoms with E-state index in [1.54, 1.807) is 0 Å². The van der Waals surface area contributed by atoms with Gasteiger partial charge in [-0.15, -0.1) is 0 Å². The number of hydrogen-bond donors (Lipinski definition) is 2. The largest absolute Gasteiger partial charge is 0.353 e. The molecule has 0 atom stereocenters. The normalized spacial score (nSPS) is 24.9. The number of nitrogens with one attached hydrogen (secondary N) is 1. The molecule has 0 saturated heterocycles. The van der Waals surface area contributed by atoms with Gasteiger partial charge in [0, 0.05) is 12.5 Å². The molecule has 0 spiro atoms. The molecule has 2 nitrogen and oxygen atoms in total. The Morgan fingerprint density at radius 3 is 2.50 bits per heavy atom. The van der Waals surface area contributed by atoms with Gasteiger partial charge in [-0.1, -0.05) is 12.8 Å². The molecule has 0 unspecified atom stereocenters. The van der Waals surface area contributed by atoms with Crippen LogP contribution in [0.1, 0.15) is 44.9 Å². The summed E-state index contributed by atoms with van der Waals surface area (Å²) in [5.74, 6) is 1.12. The van der Waals surface area contributed by atoms with E-state index in [2.05, 4.69) is 17.9 Å². The maximum atomic E-state index is 11.7. The zero-order valence-corrected chi connectivity index (χ0v) is 9.48. The minimum absolute atomic E-state index is 0.253. The first-order chi connectivity index (χ1) is 6.74. The maximum Gasteiger partial charge on any atom is 0.220 e. The van der Waals surface area contributed by atoms with Crippen LogP contribution < -0.4 is 5.32 Å². The maximum absolute atomic E-state index is 11.7. The van der Waals surface area contributed by atoms with Crippen molar-refractivity contribution < 1.29 is 4.79 Å². The minimum Gasteiger partial charge on any atom is -0.353 e. The summed E-state index contributed by atoms with van der Waals surface area (Å²) in [6.45, 7) is 0. The molecular formula is C11H19NOS. The van der Waals surface area contributed by atoms with Gasteiger partial charge in [-0.3, -0.25) is 4.79 Å². The lowest BCUT2D eigenvalue weighted by molar-refractivity contribution is -0.122. The number of carbonyl (C=O) groups is 1. The zero-order valence-electron chi connectivity index (χ0n) is 8.59. The van der Waals surface area contributed by atoms with E-state index in [9.17, 15) is 4.79 Å². The molecule has 2 fully saturated rings. The van der Waals surface area contributed by atoms with E-state index in [0.29, 0.717) is 12.5 Å². The SMILES string of the molecule is O=C(CC1(CS)CC1)NC1CCCC1. The molecule has 1 N–H and O–H groups in total. The van der Waals surface area contributed by atoms with Crippen LogP contribution in [0.4, 0.5) is 0 Å². The molecule has 2 aliphatic rings. The summed E-state index contributed by atoms with van der Waals surface area (Å²) in [6, 6.07) is 0.471. The van der Waals surface area contributed by atoms with E-state index >= 15 is 0 Å². The fraction of sp³-hybridized carbons (Fsp3) is 0.909. The summed E-state index contributed by atoms with van der Waals surface area (Å²) in [5, 5.41) is 3.14. The predicted molar refractivity (Wildman–Crippen MR) is 60.5 cm³/mol. The van der Waals surface area contributed by atoms with Gasteiger partial charge in [0.25, 0.3) is 0 Å². The third kappa shape index (κ3) is 2.44. The fourth-order valence-electron chi connectivity index (χ4n) is 2.26. The Morgan fingerprint density at radius 2 is 2.00 bits per heavy atom. The molecule has 2 saturated carbocycles. The van der Waals surface area contributed by atoms with Crippen molar-refractivity contribution in [3.63, 3.8) is 0 Å². The second-order valence-electron chi connectivity index (χ2n) is 4.88. The van der Waals surface area contributed by atoms with Crippen LogP contribution in [0.25, 0.3) is 0 Å². The van der Waals surface area contributed by atoms with E-state index in [1.165, 1.54) is 38.5 Å². The van der Waals surface area contributed by atoms with Crippen LogP contribution in [-0.2, 0) is 4.79 Å². The highest BCUT2D eigenvalue weighted by Gasteiger charge is 2.43. The predicted octanol–water partition coefficient (Wildman–Crippen LogP) is 2.15. The Morgan fingerprint density at radius 1 is 1.36 bits per heavy atom. The van der Waals surface area contributed by atoms with Gasteiger partial charge in [-0.2, -0.15) is 12.6 Å². The number of amides is 1. The lowest BCUT2D eigenvalue weighted by atomic mass is 10.0. The van der Waals surface area contributed by atoms with Crippen molar-refractivity contribution >= 4 is 18.5 Å². The van der Waals surface area contributed by atoms with E-state index < -0.39 is 0 Å². The van der Waals surface area contributed by atoms with Crippen LogP contribution in [0.15, 0.2) is 0 Å². The first-order valence-corrected chi connectivity index (χ1v) is 6.28.